The van der Waals surface area contributed by atoms with E-state index in [9.17, 15) is 13.2 Å². The Morgan fingerprint density at radius 3 is 2.75 bits per heavy atom. The summed E-state index contributed by atoms with van der Waals surface area (Å²) in [6.07, 6.45) is 3.52. The van der Waals surface area contributed by atoms with E-state index >= 15 is 0 Å². The Morgan fingerprint density at radius 2 is 2.19 bits per heavy atom. The van der Waals surface area contributed by atoms with E-state index < -0.39 is 10.0 Å². The van der Waals surface area contributed by atoms with E-state index in [0.717, 1.165) is 36.4 Å². The summed E-state index contributed by atoms with van der Waals surface area (Å²) in [7, 11) is -3.41. The van der Waals surface area contributed by atoms with Gasteiger partial charge in [0.25, 0.3) is 0 Å². The van der Waals surface area contributed by atoms with Crippen LogP contribution in [-0.2, 0) is 14.8 Å². The summed E-state index contributed by atoms with van der Waals surface area (Å²) in [4.78, 5) is 12.1. The molecule has 0 aliphatic carbocycles. The number of nitrogens with zero attached hydrogens (tertiary/aromatic N) is 1. The predicted molar refractivity (Wildman–Crippen MR) is 60.3 cm³/mol. The third-order valence-corrected chi connectivity index (χ3v) is 4.63. The van der Waals surface area contributed by atoms with Crippen LogP contribution in [0.15, 0.2) is 0 Å². The summed E-state index contributed by atoms with van der Waals surface area (Å²) < 4.78 is 24.3. The Kier molecular flexibility index (Phi) is 2.96. The minimum absolute atomic E-state index is 0.0298. The molecular formula is C10H18N2O3S. The van der Waals surface area contributed by atoms with Crippen LogP contribution in [0.3, 0.4) is 0 Å². The van der Waals surface area contributed by atoms with Gasteiger partial charge in [-0.15, -0.1) is 0 Å². The molecule has 2 heterocycles. The van der Waals surface area contributed by atoms with Crippen molar-refractivity contribution in [2.45, 2.75) is 38.3 Å². The molecule has 1 unspecified atom stereocenters. The first kappa shape index (κ1) is 11.9. The van der Waals surface area contributed by atoms with E-state index in [-0.39, 0.29) is 23.9 Å². The van der Waals surface area contributed by atoms with Crippen molar-refractivity contribution in [3.05, 3.63) is 0 Å². The van der Waals surface area contributed by atoms with E-state index in [1.165, 1.54) is 0 Å². The molecule has 0 spiro atoms. The quantitative estimate of drug-likeness (QED) is 0.757. The number of hydrogen-bond donors (Lipinski definition) is 1. The zero-order chi connectivity index (χ0) is 11.9. The lowest BCUT2D eigenvalue weighted by Crippen LogP contribution is -2.39. The first-order valence-corrected chi connectivity index (χ1v) is 7.58. The largest absolute Gasteiger partial charge is 0.311 e. The summed E-state index contributed by atoms with van der Waals surface area (Å²) in [5, 5.41) is 3.26. The summed E-state index contributed by atoms with van der Waals surface area (Å²) in [6, 6.07) is -0.124. The maximum atomic E-state index is 12.1. The number of carbonyl (C=O) groups excluding carboxylic acids is 1. The van der Waals surface area contributed by atoms with E-state index in [2.05, 4.69) is 5.32 Å². The smallest absolute Gasteiger partial charge is 0.241 e. The average Bonchev–Trinajstić information content (AvgIpc) is 2.68. The molecule has 1 amide bonds. The van der Waals surface area contributed by atoms with Gasteiger partial charge < -0.3 is 5.32 Å². The highest BCUT2D eigenvalue weighted by atomic mass is 32.2. The Hall–Kier alpha value is -0.620. The lowest BCUT2D eigenvalue weighted by molar-refractivity contribution is -0.128. The highest BCUT2D eigenvalue weighted by Crippen LogP contribution is 2.34. The van der Waals surface area contributed by atoms with Gasteiger partial charge in [0.1, 0.15) is 0 Å². The summed E-state index contributed by atoms with van der Waals surface area (Å²) in [6.45, 7) is 2.81. The van der Waals surface area contributed by atoms with Gasteiger partial charge in [-0.25, -0.2) is 12.7 Å². The Bertz CT molecular complexity index is 393. The molecule has 2 saturated heterocycles. The molecule has 16 heavy (non-hydrogen) atoms. The van der Waals surface area contributed by atoms with Crippen LogP contribution in [0.4, 0.5) is 0 Å². The van der Waals surface area contributed by atoms with Crippen molar-refractivity contribution in [3.8, 4) is 0 Å². The van der Waals surface area contributed by atoms with E-state index in [4.69, 9.17) is 0 Å². The van der Waals surface area contributed by atoms with Crippen molar-refractivity contribution in [1.82, 2.24) is 9.62 Å². The molecule has 0 bridgehead atoms. The highest BCUT2D eigenvalue weighted by molar-refractivity contribution is 7.88. The summed E-state index contributed by atoms with van der Waals surface area (Å²) in [5.74, 6) is -0.376. The van der Waals surface area contributed by atoms with E-state index in [0.29, 0.717) is 0 Å². The number of carbonyl (C=O) groups is 1. The fourth-order valence-electron chi connectivity index (χ4n) is 2.89. The molecule has 6 heteroatoms. The Balaban J connectivity index is 2.31. The van der Waals surface area contributed by atoms with Gasteiger partial charge in [-0.05, 0) is 19.4 Å². The molecule has 2 aliphatic rings. The van der Waals surface area contributed by atoms with Gasteiger partial charge in [0.05, 0.1) is 18.2 Å². The lowest BCUT2D eigenvalue weighted by atomic mass is 9.95. The molecular weight excluding hydrogens is 228 g/mol. The summed E-state index contributed by atoms with van der Waals surface area (Å²) >= 11 is 0. The van der Waals surface area contributed by atoms with Crippen LogP contribution in [0.25, 0.3) is 0 Å². The fraction of sp³-hybridized carbons (Fsp3) is 0.900. The third-order valence-electron chi connectivity index (χ3n) is 3.46. The first-order chi connectivity index (χ1) is 7.46. The molecule has 0 aromatic carbocycles. The SMILES string of the molecule is CCCC1C(=O)N(S(C)(=O)=O)[C@H]2CCN[C@H]12. The molecule has 1 N–H and O–H groups in total. The van der Waals surface area contributed by atoms with Crippen LogP contribution in [0.2, 0.25) is 0 Å². The van der Waals surface area contributed by atoms with Gasteiger partial charge in [0.2, 0.25) is 15.9 Å². The van der Waals surface area contributed by atoms with Crippen molar-refractivity contribution in [3.63, 3.8) is 0 Å². The molecule has 0 radical (unpaired) electrons. The molecule has 5 nitrogen and oxygen atoms in total. The van der Waals surface area contributed by atoms with Gasteiger partial charge >= 0.3 is 0 Å². The predicted octanol–water partition coefficient (Wildman–Crippen LogP) is -0.0650. The third kappa shape index (κ3) is 1.73. The van der Waals surface area contributed by atoms with E-state index in [1.807, 2.05) is 6.92 Å². The van der Waals surface area contributed by atoms with Gasteiger partial charge in [-0.1, -0.05) is 13.3 Å². The maximum absolute atomic E-state index is 12.1. The van der Waals surface area contributed by atoms with Gasteiger partial charge in [-0.2, -0.15) is 0 Å². The van der Waals surface area contributed by atoms with Crippen LogP contribution in [0.1, 0.15) is 26.2 Å². The number of sulfonamides is 1. The first-order valence-electron chi connectivity index (χ1n) is 5.73. The van der Waals surface area contributed by atoms with Crippen molar-refractivity contribution < 1.29 is 13.2 Å². The zero-order valence-electron chi connectivity index (χ0n) is 9.64. The van der Waals surface area contributed by atoms with Crippen LogP contribution in [0, 0.1) is 5.92 Å². The number of amides is 1. The number of rotatable bonds is 3. The highest BCUT2D eigenvalue weighted by Gasteiger charge is 2.52. The van der Waals surface area contributed by atoms with Gasteiger partial charge in [-0.3, -0.25) is 4.79 Å². The Morgan fingerprint density at radius 1 is 1.50 bits per heavy atom. The molecule has 3 atom stereocenters. The van der Waals surface area contributed by atoms with Crippen molar-refractivity contribution in [1.29, 1.82) is 0 Å². The van der Waals surface area contributed by atoms with Crippen molar-refractivity contribution in [2.75, 3.05) is 12.8 Å². The minimum atomic E-state index is -3.41. The molecule has 2 fully saturated rings. The number of nitrogens with one attached hydrogen (secondary N) is 1. The second-order valence-electron chi connectivity index (χ2n) is 4.63. The second-order valence-corrected chi connectivity index (χ2v) is 6.49. The second kappa shape index (κ2) is 4.00. The molecule has 2 aliphatic heterocycles. The van der Waals surface area contributed by atoms with Gasteiger partial charge in [0.15, 0.2) is 0 Å². The van der Waals surface area contributed by atoms with Crippen LogP contribution in [-0.4, -0.2) is 43.5 Å². The molecule has 2 rings (SSSR count). The molecule has 0 saturated carbocycles. The summed E-state index contributed by atoms with van der Waals surface area (Å²) in [5.41, 5.74) is 0. The standard InChI is InChI=1S/C10H18N2O3S/c1-3-4-7-9-8(5-6-11-9)12(10(7)13)16(2,14)15/h7-9,11H,3-6H2,1-2H3/t7?,8-,9+/m0/s1. The normalized spacial score (nSPS) is 34.5. The minimum Gasteiger partial charge on any atom is -0.311 e. The maximum Gasteiger partial charge on any atom is 0.241 e. The molecule has 0 aromatic heterocycles. The zero-order valence-corrected chi connectivity index (χ0v) is 10.5. The topological polar surface area (TPSA) is 66.5 Å². The fourth-order valence-corrected chi connectivity index (χ4v) is 4.08. The number of hydrogen-bond acceptors (Lipinski definition) is 4. The lowest BCUT2D eigenvalue weighted by Gasteiger charge is -2.20. The molecule has 92 valence electrons. The molecule has 0 aromatic rings. The number of fused-ring (bicyclic) bond motifs is 1. The van der Waals surface area contributed by atoms with Crippen LogP contribution in [0.5, 0.6) is 0 Å². The van der Waals surface area contributed by atoms with E-state index in [1.54, 1.807) is 0 Å². The van der Waals surface area contributed by atoms with Crippen molar-refractivity contribution >= 4 is 15.9 Å². The van der Waals surface area contributed by atoms with Crippen LogP contribution < -0.4 is 5.32 Å². The van der Waals surface area contributed by atoms with Gasteiger partial charge in [0, 0.05) is 6.04 Å². The van der Waals surface area contributed by atoms with Crippen LogP contribution >= 0.6 is 0 Å². The monoisotopic (exact) mass is 246 g/mol. The average molecular weight is 246 g/mol. The van der Waals surface area contributed by atoms with Crippen molar-refractivity contribution in [2.24, 2.45) is 5.92 Å². The Labute approximate surface area is 96.2 Å².